The number of hydrogen-bond acceptors (Lipinski definition) is 6. The van der Waals surface area contributed by atoms with Gasteiger partial charge in [0.05, 0.1) is 23.1 Å². The van der Waals surface area contributed by atoms with Gasteiger partial charge in [0.1, 0.15) is 16.6 Å². The number of rotatable bonds is 4. The molecule has 2 aromatic rings. The first-order valence-electron chi connectivity index (χ1n) is 12.8. The summed E-state index contributed by atoms with van der Waals surface area (Å²) in [4.78, 5) is 29.3. The third-order valence-corrected chi connectivity index (χ3v) is 9.48. The maximum absolute atomic E-state index is 13.8. The van der Waals surface area contributed by atoms with Crippen LogP contribution in [0.4, 0.5) is 5.00 Å². The number of carboxylic acids is 1. The van der Waals surface area contributed by atoms with Crippen LogP contribution >= 0.6 is 11.3 Å². The number of carbonyl (C=O) groups is 2. The number of ketones is 1. The van der Waals surface area contributed by atoms with Crippen LogP contribution in [0.15, 0.2) is 35.7 Å². The molecule has 3 N–H and O–H groups in total. The average molecular weight is 504 g/mol. The largest absolute Gasteiger partial charge is 0.478 e. The minimum Gasteiger partial charge on any atom is -0.478 e. The smallest absolute Gasteiger partial charge is 0.339 e. The van der Waals surface area contributed by atoms with Crippen molar-refractivity contribution in [3.63, 3.8) is 0 Å². The molecule has 0 amide bonds. The number of thiophene rings is 1. The Morgan fingerprint density at radius 1 is 1.25 bits per heavy atom. The monoisotopic (exact) mass is 503 g/mol. The van der Waals surface area contributed by atoms with Crippen LogP contribution in [-0.4, -0.2) is 22.9 Å². The predicted octanol–water partition coefficient (Wildman–Crippen LogP) is 5.56. The van der Waals surface area contributed by atoms with Crippen molar-refractivity contribution in [1.82, 2.24) is 0 Å². The molecular weight excluding hydrogens is 470 g/mol. The molecule has 7 heteroatoms. The maximum atomic E-state index is 13.8. The summed E-state index contributed by atoms with van der Waals surface area (Å²) in [6.07, 6.45) is 5.61. The molecule has 36 heavy (non-hydrogen) atoms. The van der Waals surface area contributed by atoms with Gasteiger partial charge in [-0.2, -0.15) is 5.26 Å². The van der Waals surface area contributed by atoms with Gasteiger partial charge in [0.15, 0.2) is 0 Å². The Morgan fingerprint density at radius 2 is 1.94 bits per heavy atom. The van der Waals surface area contributed by atoms with Gasteiger partial charge in [-0.25, -0.2) is 4.79 Å². The van der Waals surface area contributed by atoms with Gasteiger partial charge in [-0.1, -0.05) is 45.0 Å². The summed E-state index contributed by atoms with van der Waals surface area (Å²) in [5, 5.41) is 21.2. The van der Waals surface area contributed by atoms with Crippen LogP contribution in [0.5, 0.6) is 0 Å². The quantitative estimate of drug-likeness (QED) is 0.566. The van der Waals surface area contributed by atoms with E-state index in [2.05, 4.69) is 39.0 Å². The normalized spacial score (nSPS) is 25.2. The molecule has 0 spiro atoms. The van der Waals surface area contributed by atoms with Crippen molar-refractivity contribution < 1.29 is 14.7 Å². The highest BCUT2D eigenvalue weighted by atomic mass is 32.1. The highest BCUT2D eigenvalue weighted by Gasteiger charge is 2.53. The van der Waals surface area contributed by atoms with Crippen LogP contribution in [0.2, 0.25) is 0 Å². The number of carboxylic acid groups (broad SMARTS) is 1. The van der Waals surface area contributed by atoms with Crippen LogP contribution in [0.1, 0.15) is 84.3 Å². The summed E-state index contributed by atoms with van der Waals surface area (Å²) in [6, 6.07) is 10.2. The lowest BCUT2D eigenvalue weighted by molar-refractivity contribution is -0.129. The van der Waals surface area contributed by atoms with E-state index < -0.39 is 17.8 Å². The van der Waals surface area contributed by atoms with Crippen molar-refractivity contribution in [3.8, 4) is 6.07 Å². The summed E-state index contributed by atoms with van der Waals surface area (Å²) in [5.41, 5.74) is 10.2. The molecule has 2 heterocycles. The second-order valence-electron chi connectivity index (χ2n) is 11.2. The van der Waals surface area contributed by atoms with Crippen molar-refractivity contribution in [2.24, 2.45) is 17.1 Å². The van der Waals surface area contributed by atoms with E-state index in [1.807, 2.05) is 17.0 Å². The fraction of sp³-hybridized carbons (Fsp3) is 0.483. The number of nitriles is 1. The Labute approximate surface area is 216 Å². The predicted molar refractivity (Wildman–Crippen MR) is 141 cm³/mol. The second-order valence-corrected chi connectivity index (χ2v) is 12.2. The van der Waals surface area contributed by atoms with Crippen LogP contribution < -0.4 is 10.6 Å². The number of nitrogens with zero attached hydrogens (tertiary/aromatic N) is 2. The van der Waals surface area contributed by atoms with E-state index in [4.69, 9.17) is 5.73 Å². The molecule has 3 atom stereocenters. The van der Waals surface area contributed by atoms with E-state index in [1.54, 1.807) is 0 Å². The fourth-order valence-electron chi connectivity index (χ4n) is 6.54. The average Bonchev–Trinajstić information content (AvgIpc) is 3.22. The first-order valence-corrected chi connectivity index (χ1v) is 13.7. The lowest BCUT2D eigenvalue weighted by Crippen LogP contribution is -2.56. The van der Waals surface area contributed by atoms with Crippen molar-refractivity contribution in [3.05, 3.63) is 62.8 Å². The number of aryl methyl sites for hydroxylation is 2. The highest BCUT2D eigenvalue weighted by Crippen LogP contribution is 2.53. The number of allylic oxidation sites excluding steroid dienone is 1. The summed E-state index contributed by atoms with van der Waals surface area (Å²) in [6.45, 7) is 6.26. The molecule has 1 fully saturated rings. The van der Waals surface area contributed by atoms with E-state index in [9.17, 15) is 20.0 Å². The highest BCUT2D eigenvalue weighted by molar-refractivity contribution is 7.16. The maximum Gasteiger partial charge on any atom is 0.339 e. The number of carbonyl (C=O) groups excluding carboxylic acids is 1. The number of fused-ring (bicyclic) bond motifs is 2. The summed E-state index contributed by atoms with van der Waals surface area (Å²) in [7, 11) is 0. The number of hydrogen-bond donors (Lipinski definition) is 2. The van der Waals surface area contributed by atoms with Gasteiger partial charge in [0, 0.05) is 23.3 Å². The Hall–Kier alpha value is -3.11. The van der Waals surface area contributed by atoms with Gasteiger partial charge in [-0.15, -0.1) is 11.3 Å². The van der Waals surface area contributed by atoms with Gasteiger partial charge < -0.3 is 15.7 Å². The first kappa shape index (κ1) is 24.6. The van der Waals surface area contributed by atoms with E-state index in [0.29, 0.717) is 29.0 Å². The Balaban J connectivity index is 1.74. The summed E-state index contributed by atoms with van der Waals surface area (Å²) < 4.78 is 0. The Bertz CT molecular complexity index is 1300. The van der Waals surface area contributed by atoms with Gasteiger partial charge in [-0.3, -0.25) is 4.79 Å². The van der Waals surface area contributed by atoms with Crippen LogP contribution in [0.25, 0.3) is 0 Å². The molecule has 1 aliphatic heterocycles. The van der Waals surface area contributed by atoms with E-state index in [0.717, 1.165) is 48.1 Å². The van der Waals surface area contributed by atoms with Crippen LogP contribution in [0.3, 0.4) is 0 Å². The molecule has 6 nitrogen and oxygen atoms in total. The zero-order chi connectivity index (χ0) is 25.8. The van der Waals surface area contributed by atoms with Crippen molar-refractivity contribution in [2.75, 3.05) is 4.90 Å². The minimum atomic E-state index is -0.967. The Morgan fingerprint density at radius 3 is 2.58 bits per heavy atom. The number of nitrogens with two attached hydrogens (primary N) is 1. The molecule has 0 saturated heterocycles. The number of benzene rings is 1. The fourth-order valence-corrected chi connectivity index (χ4v) is 7.99. The van der Waals surface area contributed by atoms with E-state index >= 15 is 0 Å². The summed E-state index contributed by atoms with van der Waals surface area (Å²) >= 11 is 1.48. The van der Waals surface area contributed by atoms with Gasteiger partial charge in [0.2, 0.25) is 0 Å². The standard InChI is InChI=1S/C29H33N3O3S/c1-4-16-9-11-17(12-10-16)23-19(15-30)26(31)32(20-13-29(2,3)14-21(33)25(20)23)27-24(28(34)35)18-7-5-6-8-22(18)36-27/h9-12,20,23,25H,4-8,13-14,31H2,1-3H3,(H,34,35). The van der Waals surface area contributed by atoms with Crippen molar-refractivity contribution >= 4 is 28.1 Å². The lowest BCUT2D eigenvalue weighted by atomic mass is 9.61. The van der Waals surface area contributed by atoms with Gasteiger partial charge >= 0.3 is 5.97 Å². The van der Waals surface area contributed by atoms with E-state index in [1.165, 1.54) is 16.9 Å². The molecule has 1 aromatic carbocycles. The molecule has 0 bridgehead atoms. The first-order chi connectivity index (χ1) is 17.2. The summed E-state index contributed by atoms with van der Waals surface area (Å²) in [5.74, 6) is -1.47. The molecule has 2 aliphatic carbocycles. The topological polar surface area (TPSA) is 107 Å². The van der Waals surface area contributed by atoms with Gasteiger partial charge in [0.25, 0.3) is 0 Å². The van der Waals surface area contributed by atoms with Crippen molar-refractivity contribution in [2.45, 2.75) is 77.7 Å². The van der Waals surface area contributed by atoms with Gasteiger partial charge in [-0.05, 0) is 60.6 Å². The molecule has 5 rings (SSSR count). The minimum absolute atomic E-state index is 0.115. The van der Waals surface area contributed by atoms with Crippen LogP contribution in [-0.2, 0) is 24.1 Å². The third-order valence-electron chi connectivity index (χ3n) is 8.19. The number of anilines is 1. The third kappa shape index (κ3) is 3.92. The molecular formula is C29H33N3O3S. The molecule has 0 radical (unpaired) electrons. The molecule has 188 valence electrons. The Kier molecular flexibility index (Phi) is 6.20. The lowest BCUT2D eigenvalue weighted by Gasteiger charge is -2.51. The van der Waals surface area contributed by atoms with Crippen LogP contribution in [0, 0.1) is 22.7 Å². The number of Topliss-reactive ketones (excluding diaryl/α,β-unsaturated/α-hetero) is 1. The SMILES string of the molecule is CCc1ccc(C2C(C#N)=C(N)N(c3sc4c(c3C(=O)O)CCCC4)C3CC(C)(C)CC(=O)C23)cc1. The zero-order valence-electron chi connectivity index (χ0n) is 21.1. The van der Waals surface area contributed by atoms with Crippen molar-refractivity contribution in [1.29, 1.82) is 5.26 Å². The molecule has 3 aliphatic rings. The van der Waals surface area contributed by atoms with E-state index in [-0.39, 0.29) is 23.1 Å². The zero-order valence-corrected chi connectivity index (χ0v) is 22.0. The number of aromatic carboxylic acids is 1. The molecule has 1 aromatic heterocycles. The molecule has 1 saturated carbocycles. The molecule has 3 unspecified atom stereocenters. The second kappa shape index (κ2) is 9.08.